The predicted molar refractivity (Wildman–Crippen MR) is 125 cm³/mol. The fourth-order valence-corrected chi connectivity index (χ4v) is 4.89. The number of benzene rings is 2. The van der Waals surface area contributed by atoms with Gasteiger partial charge in [0.2, 0.25) is 0 Å². The third-order valence-corrected chi connectivity index (χ3v) is 6.10. The lowest BCUT2D eigenvalue weighted by atomic mass is 10.1. The Morgan fingerprint density at radius 1 is 1.07 bits per heavy atom. The molecule has 0 aliphatic rings. The summed E-state index contributed by atoms with van der Waals surface area (Å²) in [6.07, 6.45) is 5.76. The van der Waals surface area contributed by atoms with Crippen LogP contribution in [0, 0.1) is 0 Å². The van der Waals surface area contributed by atoms with Crippen molar-refractivity contribution in [2.45, 2.75) is 11.4 Å². The van der Waals surface area contributed by atoms with Crippen molar-refractivity contribution in [1.82, 2.24) is 14.3 Å². The van der Waals surface area contributed by atoms with Gasteiger partial charge in [-0.15, -0.1) is 0 Å². The van der Waals surface area contributed by atoms with Gasteiger partial charge in [0, 0.05) is 46.1 Å². The molecule has 4 aromatic rings. The van der Waals surface area contributed by atoms with E-state index in [9.17, 15) is 0 Å². The van der Waals surface area contributed by atoms with Crippen molar-refractivity contribution in [3.05, 3.63) is 81.7 Å². The highest BCUT2D eigenvalue weighted by Crippen LogP contribution is 2.37. The lowest BCUT2D eigenvalue weighted by molar-refractivity contribution is 0.822. The molecular weight excluding hydrogens is 447 g/mol. The van der Waals surface area contributed by atoms with Gasteiger partial charge in [-0.05, 0) is 61.0 Å². The molecule has 0 atom stereocenters. The van der Waals surface area contributed by atoms with Crippen LogP contribution in [-0.4, -0.2) is 16.0 Å². The molecule has 8 heteroatoms. The van der Waals surface area contributed by atoms with Crippen molar-refractivity contribution in [1.29, 1.82) is 0 Å². The number of rotatable bonds is 6. The summed E-state index contributed by atoms with van der Waals surface area (Å²) in [5.74, 6) is 0. The van der Waals surface area contributed by atoms with Crippen LogP contribution in [0.5, 0.6) is 0 Å². The van der Waals surface area contributed by atoms with E-state index in [0.717, 1.165) is 22.6 Å². The summed E-state index contributed by atoms with van der Waals surface area (Å²) in [4.78, 5) is 5.26. The van der Waals surface area contributed by atoms with Gasteiger partial charge >= 0.3 is 0 Å². The van der Waals surface area contributed by atoms with E-state index in [1.807, 2.05) is 31.4 Å². The number of aromatic nitrogens is 2. The number of nitrogens with zero attached hydrogens (tertiary/aromatic N) is 2. The highest BCUT2D eigenvalue weighted by molar-refractivity contribution is 7.98. The van der Waals surface area contributed by atoms with Crippen LogP contribution in [0.1, 0.15) is 5.56 Å². The van der Waals surface area contributed by atoms with Gasteiger partial charge in [-0.2, -0.15) is 0 Å². The third kappa shape index (κ3) is 4.49. The van der Waals surface area contributed by atoms with E-state index < -0.39 is 0 Å². The van der Waals surface area contributed by atoms with Crippen LogP contribution in [-0.2, 0) is 6.54 Å². The normalized spacial score (nSPS) is 11.2. The van der Waals surface area contributed by atoms with Crippen LogP contribution < -0.4 is 10.6 Å². The number of hydrogen-bond acceptors (Lipinski definition) is 4. The second-order valence-electron chi connectivity index (χ2n) is 6.39. The highest BCUT2D eigenvalue weighted by atomic mass is 35.5. The van der Waals surface area contributed by atoms with Gasteiger partial charge in [-0.1, -0.05) is 40.9 Å². The first-order chi connectivity index (χ1) is 14.0. The molecule has 4 rings (SSSR count). The van der Waals surface area contributed by atoms with E-state index in [-0.39, 0.29) is 0 Å². The van der Waals surface area contributed by atoms with Gasteiger partial charge in [0.25, 0.3) is 0 Å². The summed E-state index contributed by atoms with van der Waals surface area (Å²) >= 11 is 20.3. The van der Waals surface area contributed by atoms with Crippen molar-refractivity contribution in [2.24, 2.45) is 0 Å². The maximum absolute atomic E-state index is 6.33. The average Bonchev–Trinajstić information content (AvgIpc) is 3.02. The largest absolute Gasteiger partial charge is 0.353 e. The van der Waals surface area contributed by atoms with Gasteiger partial charge in [0.15, 0.2) is 0 Å². The lowest BCUT2D eigenvalue weighted by Crippen LogP contribution is -2.04. The molecule has 0 spiro atoms. The van der Waals surface area contributed by atoms with Gasteiger partial charge < -0.3 is 10.6 Å². The van der Waals surface area contributed by atoms with E-state index in [0.29, 0.717) is 20.8 Å². The average molecular weight is 464 g/mol. The molecule has 0 amide bonds. The first kappa shape index (κ1) is 20.4. The van der Waals surface area contributed by atoms with E-state index in [1.165, 1.54) is 10.9 Å². The lowest BCUT2D eigenvalue weighted by Gasteiger charge is -2.12. The van der Waals surface area contributed by atoms with Crippen molar-refractivity contribution in [3.63, 3.8) is 0 Å². The molecule has 2 N–H and O–H groups in total. The van der Waals surface area contributed by atoms with E-state index in [2.05, 4.69) is 37.9 Å². The molecule has 148 valence electrons. The molecule has 2 aromatic heterocycles. The molecule has 0 unspecified atom stereocenters. The fourth-order valence-electron chi connectivity index (χ4n) is 3.07. The van der Waals surface area contributed by atoms with Crippen LogP contribution in [0.4, 0.5) is 11.4 Å². The van der Waals surface area contributed by atoms with E-state index >= 15 is 0 Å². The monoisotopic (exact) mass is 462 g/mol. The molecule has 0 saturated carbocycles. The van der Waals surface area contributed by atoms with Crippen LogP contribution in [0.3, 0.4) is 0 Å². The van der Waals surface area contributed by atoms with Crippen molar-refractivity contribution in [3.8, 4) is 0 Å². The van der Waals surface area contributed by atoms with Crippen molar-refractivity contribution < 1.29 is 0 Å². The smallest absolute Gasteiger partial charge is 0.0764 e. The second kappa shape index (κ2) is 8.86. The Morgan fingerprint density at radius 3 is 2.55 bits per heavy atom. The molecule has 0 saturated heterocycles. The van der Waals surface area contributed by atoms with E-state index in [4.69, 9.17) is 34.8 Å². The predicted octanol–water partition coefficient (Wildman–Crippen LogP) is 7.01. The topological polar surface area (TPSA) is 41.9 Å². The number of hydrogen-bond donors (Lipinski definition) is 2. The summed E-state index contributed by atoms with van der Waals surface area (Å²) in [6, 6.07) is 13.5. The highest BCUT2D eigenvalue weighted by Gasteiger charge is 2.13. The number of nitrogens with one attached hydrogen (secondary N) is 2. The Bertz CT molecular complexity index is 1140. The number of halogens is 3. The quantitative estimate of drug-likeness (QED) is 0.322. The van der Waals surface area contributed by atoms with Crippen LogP contribution in [0.2, 0.25) is 15.1 Å². The Morgan fingerprint density at radius 2 is 1.86 bits per heavy atom. The van der Waals surface area contributed by atoms with Gasteiger partial charge in [-0.3, -0.25) is 8.96 Å². The van der Waals surface area contributed by atoms with Gasteiger partial charge in [0.05, 0.1) is 21.2 Å². The first-order valence-electron chi connectivity index (χ1n) is 8.83. The van der Waals surface area contributed by atoms with Crippen LogP contribution in [0.25, 0.3) is 10.9 Å². The van der Waals surface area contributed by atoms with Gasteiger partial charge in [0.1, 0.15) is 0 Å². The van der Waals surface area contributed by atoms with Crippen LogP contribution in [0.15, 0.2) is 66.0 Å². The fraction of sp³-hybridized carbons (Fsp3) is 0.0952. The Hall–Kier alpha value is -1.89. The summed E-state index contributed by atoms with van der Waals surface area (Å²) in [6.45, 7) is 0.777. The van der Waals surface area contributed by atoms with Crippen molar-refractivity contribution >= 4 is 69.0 Å². The summed E-state index contributed by atoms with van der Waals surface area (Å²) in [5.41, 5.74) is 3.81. The summed E-state index contributed by atoms with van der Waals surface area (Å²) < 4.78 is 2.15. The summed E-state index contributed by atoms with van der Waals surface area (Å²) in [7, 11) is 1.94. The zero-order chi connectivity index (χ0) is 20.4. The molecule has 4 nitrogen and oxygen atoms in total. The molecule has 2 heterocycles. The maximum Gasteiger partial charge on any atom is 0.0764 e. The van der Waals surface area contributed by atoms with Crippen LogP contribution >= 0.6 is 46.8 Å². The minimum atomic E-state index is 0.471. The Balaban J connectivity index is 1.75. The SMILES string of the molecule is CNCc1cn(Sc2cccnc2)c2cc(Nc3c(Cl)cc(Cl)cc3Cl)ccc12. The molecule has 0 radical (unpaired) electrons. The Kier molecular flexibility index (Phi) is 6.23. The number of fused-ring (bicyclic) bond motifs is 1. The summed E-state index contributed by atoms with van der Waals surface area (Å²) in [5, 5.41) is 9.17. The minimum Gasteiger partial charge on any atom is -0.353 e. The molecule has 0 bridgehead atoms. The zero-order valence-electron chi connectivity index (χ0n) is 15.4. The number of pyridine rings is 1. The molecule has 0 aliphatic heterocycles. The molecule has 0 fully saturated rings. The second-order valence-corrected chi connectivity index (χ2v) is 8.69. The Labute approximate surface area is 188 Å². The first-order valence-corrected chi connectivity index (χ1v) is 10.7. The molecule has 29 heavy (non-hydrogen) atoms. The zero-order valence-corrected chi connectivity index (χ0v) is 18.5. The maximum atomic E-state index is 6.33. The third-order valence-electron chi connectivity index (χ3n) is 4.34. The molecule has 2 aromatic carbocycles. The standard InChI is InChI=1S/C21H17Cl3N4S/c1-25-10-13-12-28(29-16-3-2-6-26-11-16)20-9-15(4-5-17(13)20)27-21-18(23)7-14(22)8-19(21)24/h2-9,11-12,25,27H,10H2,1H3. The molecule has 0 aliphatic carbocycles. The molecular formula is C21H17Cl3N4S. The number of anilines is 2. The minimum absolute atomic E-state index is 0.471. The van der Waals surface area contributed by atoms with E-state index in [1.54, 1.807) is 30.3 Å². The van der Waals surface area contributed by atoms with Gasteiger partial charge in [-0.25, -0.2) is 0 Å². The van der Waals surface area contributed by atoms with Crippen molar-refractivity contribution in [2.75, 3.05) is 12.4 Å².